The summed E-state index contributed by atoms with van der Waals surface area (Å²) in [5, 5.41) is 4.08. The second-order valence-corrected chi connectivity index (χ2v) is 6.05. The standard InChI is InChI=1S/C14H12OS.C4H4S/c15-14(12-7-3-1-4-8-12)11-16-13-9-5-2-6-10-13;1-2-4-5-3-1/h1-10H,11H2;1-4H. The molecule has 0 bridgehead atoms. The maximum absolute atomic E-state index is 11.8. The number of thioether (sulfide) groups is 1. The third kappa shape index (κ3) is 5.98. The van der Waals surface area contributed by atoms with Crippen LogP contribution in [0.25, 0.3) is 0 Å². The Kier molecular flexibility index (Phi) is 6.78. The molecule has 0 radical (unpaired) electrons. The number of Topliss-reactive ketones (excluding diaryl/α,β-unsaturated/α-hetero) is 1. The van der Waals surface area contributed by atoms with Crippen LogP contribution in [-0.2, 0) is 0 Å². The zero-order chi connectivity index (χ0) is 14.8. The molecule has 0 N–H and O–H groups in total. The van der Waals surface area contributed by atoms with Gasteiger partial charge in [-0.25, -0.2) is 0 Å². The summed E-state index contributed by atoms with van der Waals surface area (Å²) < 4.78 is 0. The summed E-state index contributed by atoms with van der Waals surface area (Å²) >= 11 is 3.29. The molecule has 0 atom stereocenters. The third-order valence-electron chi connectivity index (χ3n) is 2.63. The number of carbonyl (C=O) groups excluding carboxylic acids is 1. The number of hydrogen-bond donors (Lipinski definition) is 0. The summed E-state index contributed by atoms with van der Waals surface area (Å²) in [6, 6.07) is 23.4. The van der Waals surface area contributed by atoms with Crippen molar-refractivity contribution in [2.75, 3.05) is 5.75 Å². The van der Waals surface area contributed by atoms with Crippen molar-refractivity contribution in [3.63, 3.8) is 0 Å². The molecule has 1 nitrogen and oxygen atoms in total. The minimum atomic E-state index is 0.175. The first-order chi connectivity index (χ1) is 10.4. The maximum Gasteiger partial charge on any atom is 0.173 e. The fourth-order valence-corrected chi connectivity index (χ4v) is 2.87. The van der Waals surface area contributed by atoms with E-state index in [9.17, 15) is 4.79 Å². The maximum atomic E-state index is 11.8. The highest BCUT2D eigenvalue weighted by molar-refractivity contribution is 8.00. The zero-order valence-corrected chi connectivity index (χ0v) is 13.1. The Labute approximate surface area is 133 Å². The van der Waals surface area contributed by atoms with E-state index in [1.165, 1.54) is 0 Å². The lowest BCUT2D eigenvalue weighted by Crippen LogP contribution is -2.01. The number of rotatable bonds is 4. The molecule has 1 heterocycles. The summed E-state index contributed by atoms with van der Waals surface area (Å²) in [5.74, 6) is 0.669. The van der Waals surface area contributed by atoms with Gasteiger partial charge in [0.2, 0.25) is 0 Å². The van der Waals surface area contributed by atoms with E-state index < -0.39 is 0 Å². The summed E-state index contributed by atoms with van der Waals surface area (Å²) in [7, 11) is 0. The van der Waals surface area contributed by atoms with Gasteiger partial charge >= 0.3 is 0 Å². The number of ketones is 1. The quantitative estimate of drug-likeness (QED) is 0.473. The Morgan fingerprint density at radius 3 is 1.90 bits per heavy atom. The number of hydrogen-bond acceptors (Lipinski definition) is 3. The van der Waals surface area contributed by atoms with Crippen molar-refractivity contribution in [3.05, 3.63) is 89.1 Å². The Hall–Kier alpha value is -1.84. The lowest BCUT2D eigenvalue weighted by molar-refractivity contribution is 0.102. The van der Waals surface area contributed by atoms with Crippen LogP contribution in [0.4, 0.5) is 0 Å². The molecule has 0 aliphatic heterocycles. The second kappa shape index (κ2) is 9.16. The molecule has 3 rings (SSSR count). The molecule has 0 unspecified atom stereocenters. The molecule has 0 saturated carbocycles. The van der Waals surface area contributed by atoms with Crippen molar-refractivity contribution in [1.29, 1.82) is 0 Å². The average Bonchev–Trinajstić information content (AvgIpc) is 3.14. The molecular weight excluding hydrogens is 296 g/mol. The van der Waals surface area contributed by atoms with E-state index in [0.29, 0.717) is 5.75 Å². The molecule has 3 aromatic rings. The molecular formula is C18H16OS2. The zero-order valence-electron chi connectivity index (χ0n) is 11.5. The smallest absolute Gasteiger partial charge is 0.173 e. The first-order valence-corrected chi connectivity index (χ1v) is 8.52. The van der Waals surface area contributed by atoms with Crippen LogP contribution in [0.1, 0.15) is 10.4 Å². The number of benzene rings is 2. The van der Waals surface area contributed by atoms with Crippen molar-refractivity contribution in [1.82, 2.24) is 0 Å². The first kappa shape index (κ1) is 15.5. The van der Waals surface area contributed by atoms with E-state index in [1.807, 2.05) is 83.6 Å². The normalized spacial score (nSPS) is 9.52. The van der Waals surface area contributed by atoms with E-state index in [1.54, 1.807) is 23.1 Å². The van der Waals surface area contributed by atoms with Crippen molar-refractivity contribution >= 4 is 28.9 Å². The van der Waals surface area contributed by atoms with E-state index in [2.05, 4.69) is 0 Å². The van der Waals surface area contributed by atoms with Crippen LogP contribution in [0.2, 0.25) is 0 Å². The predicted molar refractivity (Wildman–Crippen MR) is 92.3 cm³/mol. The third-order valence-corrected chi connectivity index (χ3v) is 4.27. The van der Waals surface area contributed by atoms with E-state index in [-0.39, 0.29) is 5.78 Å². The van der Waals surface area contributed by atoms with Gasteiger partial charge in [0, 0.05) is 10.5 Å². The molecule has 21 heavy (non-hydrogen) atoms. The fraction of sp³-hybridized carbons (Fsp3) is 0.0556. The predicted octanol–water partition coefficient (Wildman–Crippen LogP) is 5.41. The molecule has 1 aromatic heterocycles. The number of thiophene rings is 1. The van der Waals surface area contributed by atoms with Crippen LogP contribution >= 0.6 is 23.1 Å². The molecule has 0 aliphatic carbocycles. The number of carbonyl (C=O) groups is 1. The molecule has 2 aromatic carbocycles. The first-order valence-electron chi connectivity index (χ1n) is 6.59. The van der Waals surface area contributed by atoms with Gasteiger partial charge in [0.05, 0.1) is 5.75 Å². The van der Waals surface area contributed by atoms with Gasteiger partial charge in [0.15, 0.2) is 5.78 Å². The van der Waals surface area contributed by atoms with Gasteiger partial charge in [-0.2, -0.15) is 11.3 Å². The molecule has 0 saturated heterocycles. The monoisotopic (exact) mass is 312 g/mol. The molecule has 0 amide bonds. The van der Waals surface area contributed by atoms with E-state index in [0.717, 1.165) is 10.5 Å². The molecule has 0 aliphatic rings. The molecule has 106 valence electrons. The van der Waals surface area contributed by atoms with Gasteiger partial charge in [-0.3, -0.25) is 4.79 Å². The summed E-state index contributed by atoms with van der Waals surface area (Å²) in [6.07, 6.45) is 0. The van der Waals surface area contributed by atoms with Gasteiger partial charge in [0.25, 0.3) is 0 Å². The highest BCUT2D eigenvalue weighted by Crippen LogP contribution is 2.18. The van der Waals surface area contributed by atoms with Gasteiger partial charge in [-0.1, -0.05) is 60.7 Å². The van der Waals surface area contributed by atoms with Crippen molar-refractivity contribution < 1.29 is 4.79 Å². The Morgan fingerprint density at radius 2 is 1.38 bits per heavy atom. The van der Waals surface area contributed by atoms with Crippen LogP contribution in [0.15, 0.2) is 88.5 Å². The second-order valence-electron chi connectivity index (χ2n) is 4.18. The van der Waals surface area contributed by atoms with Gasteiger partial charge in [0.1, 0.15) is 0 Å². The summed E-state index contributed by atoms with van der Waals surface area (Å²) in [5.41, 5.74) is 0.783. The topological polar surface area (TPSA) is 17.1 Å². The van der Waals surface area contributed by atoms with Crippen molar-refractivity contribution in [2.24, 2.45) is 0 Å². The minimum Gasteiger partial charge on any atom is -0.293 e. The fourth-order valence-electron chi connectivity index (χ4n) is 1.60. The SMILES string of the molecule is O=C(CSc1ccccc1)c1ccccc1.c1ccsc1. The van der Waals surface area contributed by atoms with Crippen molar-refractivity contribution in [2.45, 2.75) is 4.90 Å². The lowest BCUT2D eigenvalue weighted by Gasteiger charge is -2.01. The van der Waals surface area contributed by atoms with Crippen LogP contribution in [0.5, 0.6) is 0 Å². The Balaban J connectivity index is 0.000000272. The Bertz CT molecular complexity index is 602. The van der Waals surface area contributed by atoms with Crippen LogP contribution < -0.4 is 0 Å². The van der Waals surface area contributed by atoms with E-state index >= 15 is 0 Å². The van der Waals surface area contributed by atoms with Crippen LogP contribution in [-0.4, -0.2) is 11.5 Å². The summed E-state index contributed by atoms with van der Waals surface area (Å²) in [4.78, 5) is 12.9. The van der Waals surface area contributed by atoms with Crippen molar-refractivity contribution in [3.8, 4) is 0 Å². The van der Waals surface area contributed by atoms with Gasteiger partial charge in [-0.05, 0) is 22.9 Å². The highest BCUT2D eigenvalue weighted by Gasteiger charge is 2.05. The minimum absolute atomic E-state index is 0.175. The average molecular weight is 312 g/mol. The lowest BCUT2D eigenvalue weighted by atomic mass is 10.2. The van der Waals surface area contributed by atoms with Gasteiger partial charge in [-0.15, -0.1) is 11.8 Å². The molecule has 0 spiro atoms. The molecule has 0 fully saturated rings. The van der Waals surface area contributed by atoms with Crippen LogP contribution in [0, 0.1) is 0 Å². The Morgan fingerprint density at radius 1 is 0.810 bits per heavy atom. The highest BCUT2D eigenvalue weighted by atomic mass is 32.2. The summed E-state index contributed by atoms with van der Waals surface area (Å²) in [6.45, 7) is 0. The van der Waals surface area contributed by atoms with Gasteiger partial charge < -0.3 is 0 Å². The molecule has 3 heteroatoms. The van der Waals surface area contributed by atoms with Crippen LogP contribution in [0.3, 0.4) is 0 Å². The largest absolute Gasteiger partial charge is 0.293 e. The van der Waals surface area contributed by atoms with E-state index in [4.69, 9.17) is 0 Å².